The van der Waals surface area contributed by atoms with E-state index >= 15 is 0 Å². The van der Waals surface area contributed by atoms with Crippen molar-refractivity contribution < 1.29 is 14.3 Å². The van der Waals surface area contributed by atoms with E-state index in [0.29, 0.717) is 43.9 Å². The van der Waals surface area contributed by atoms with Crippen LogP contribution < -0.4 is 20.3 Å². The van der Waals surface area contributed by atoms with Crippen LogP contribution in [0.2, 0.25) is 0 Å². The van der Waals surface area contributed by atoms with Crippen LogP contribution in [-0.2, 0) is 4.79 Å². The van der Waals surface area contributed by atoms with Crippen molar-refractivity contribution in [1.82, 2.24) is 9.66 Å². The first kappa shape index (κ1) is 27.5. The summed E-state index contributed by atoms with van der Waals surface area (Å²) in [4.78, 5) is 30.3. The summed E-state index contributed by atoms with van der Waals surface area (Å²) >= 11 is 6.95. The van der Waals surface area contributed by atoms with Gasteiger partial charge < -0.3 is 14.8 Å². The van der Waals surface area contributed by atoms with E-state index in [1.54, 1.807) is 24.4 Å². The van der Waals surface area contributed by atoms with Crippen LogP contribution in [0.25, 0.3) is 10.9 Å². The molecule has 4 aromatic rings. The molecular weight excluding hydrogens is 616 g/mol. The molecule has 1 amide bonds. The van der Waals surface area contributed by atoms with Crippen molar-refractivity contribution in [1.29, 1.82) is 0 Å². The van der Waals surface area contributed by atoms with E-state index in [9.17, 15) is 9.59 Å². The number of aromatic nitrogens is 2. The van der Waals surface area contributed by atoms with Crippen LogP contribution in [-0.4, -0.2) is 35.5 Å². The van der Waals surface area contributed by atoms with E-state index < -0.39 is 0 Å². The number of amides is 1. The number of ether oxygens (including phenoxy) is 2. The van der Waals surface area contributed by atoms with E-state index in [-0.39, 0.29) is 24.0 Å². The molecule has 0 aliphatic carbocycles. The predicted molar refractivity (Wildman–Crippen MR) is 157 cm³/mol. The maximum atomic E-state index is 13.3. The molecule has 0 unspecified atom stereocenters. The Morgan fingerprint density at radius 1 is 1.11 bits per heavy atom. The number of hydrogen-bond donors (Lipinski definition) is 1. The van der Waals surface area contributed by atoms with Gasteiger partial charge in [-0.3, -0.25) is 9.59 Å². The molecule has 38 heavy (non-hydrogen) atoms. The van der Waals surface area contributed by atoms with Crippen molar-refractivity contribution in [3.63, 3.8) is 0 Å². The summed E-state index contributed by atoms with van der Waals surface area (Å²) in [5.74, 6) is 1.01. The molecule has 0 saturated carbocycles. The molecule has 1 aromatic heterocycles. The minimum atomic E-state index is -0.298. The van der Waals surface area contributed by atoms with Gasteiger partial charge in [0.25, 0.3) is 11.5 Å². The van der Waals surface area contributed by atoms with Crippen molar-refractivity contribution in [2.24, 2.45) is 5.10 Å². The van der Waals surface area contributed by atoms with Crippen LogP contribution >= 0.6 is 31.9 Å². The second-order valence-corrected chi connectivity index (χ2v) is 10.6. The first-order chi connectivity index (χ1) is 18.2. The highest BCUT2D eigenvalue weighted by molar-refractivity contribution is 9.10. The van der Waals surface area contributed by atoms with Gasteiger partial charge in [0.2, 0.25) is 0 Å². The summed E-state index contributed by atoms with van der Waals surface area (Å²) in [5, 5.41) is 7.74. The minimum Gasteiger partial charge on any atom is -0.493 e. The van der Waals surface area contributed by atoms with Gasteiger partial charge in [-0.2, -0.15) is 9.78 Å². The van der Waals surface area contributed by atoms with Crippen LogP contribution in [0.4, 0.5) is 5.69 Å². The number of nitrogens with one attached hydrogen (secondary N) is 1. The Hall–Kier alpha value is -3.50. The molecule has 8 nitrogen and oxygen atoms in total. The molecule has 0 saturated heterocycles. The fraction of sp³-hybridized carbons (Fsp3) is 0.214. The van der Waals surface area contributed by atoms with Crippen LogP contribution in [0.15, 0.2) is 73.4 Å². The van der Waals surface area contributed by atoms with Gasteiger partial charge in [-0.25, -0.2) is 4.98 Å². The van der Waals surface area contributed by atoms with Gasteiger partial charge >= 0.3 is 0 Å². The Morgan fingerprint density at radius 2 is 1.84 bits per heavy atom. The third-order valence-corrected chi connectivity index (χ3v) is 6.82. The normalized spacial score (nSPS) is 11.3. The molecule has 0 fully saturated rings. The monoisotopic (exact) mass is 640 g/mol. The molecule has 1 heterocycles. The van der Waals surface area contributed by atoms with Crippen molar-refractivity contribution in [3.05, 3.63) is 90.8 Å². The maximum absolute atomic E-state index is 13.3. The molecular formula is C28H26Br2N4O4. The molecule has 0 aliphatic heterocycles. The Balaban J connectivity index is 1.58. The van der Waals surface area contributed by atoms with Gasteiger partial charge in [-0.05, 0) is 65.3 Å². The summed E-state index contributed by atoms with van der Waals surface area (Å²) in [6.45, 7) is 5.69. The lowest BCUT2D eigenvalue weighted by Crippen LogP contribution is -2.23. The SMILES string of the molecule is COc1cc(C=Nn2c(C(C)C)nc3ccc(Br)cc3c2=O)c(Br)cc1OCC(=O)Nc1ccc(C)cc1. The highest BCUT2D eigenvalue weighted by Crippen LogP contribution is 2.33. The fourth-order valence-corrected chi connectivity index (χ4v) is 4.46. The number of rotatable bonds is 8. The molecule has 0 aliphatic rings. The minimum absolute atomic E-state index is 0.0345. The number of carbonyl (C=O) groups excluding carboxylic acids is 1. The molecule has 196 valence electrons. The zero-order chi connectivity index (χ0) is 27.4. The Kier molecular flexibility index (Phi) is 8.63. The molecule has 10 heteroatoms. The van der Waals surface area contributed by atoms with Gasteiger partial charge in [0, 0.05) is 26.1 Å². The molecule has 3 aromatic carbocycles. The quantitative estimate of drug-likeness (QED) is 0.229. The predicted octanol–water partition coefficient (Wildman–Crippen LogP) is 6.26. The standard InChI is InChI=1S/C28H26Br2N4O4/c1-16(2)27-33-23-10-7-19(29)12-21(23)28(36)34(27)31-14-18-11-24(37-4)25(13-22(18)30)38-15-26(35)32-20-8-5-17(3)6-9-20/h5-14,16H,15H2,1-4H3,(H,32,35). The van der Waals surface area contributed by atoms with Crippen LogP contribution in [0.1, 0.15) is 36.7 Å². The van der Waals surface area contributed by atoms with E-state index in [1.807, 2.05) is 57.2 Å². The van der Waals surface area contributed by atoms with Crippen molar-refractivity contribution >= 4 is 60.6 Å². The van der Waals surface area contributed by atoms with Gasteiger partial charge in [0.05, 0.1) is 24.2 Å². The second-order valence-electron chi connectivity index (χ2n) is 8.88. The average Bonchev–Trinajstić information content (AvgIpc) is 2.89. The molecule has 0 bridgehead atoms. The van der Waals surface area contributed by atoms with Gasteiger partial charge in [0.15, 0.2) is 18.1 Å². The first-order valence-corrected chi connectivity index (χ1v) is 13.4. The number of aryl methyl sites for hydroxylation is 1. The van der Waals surface area contributed by atoms with E-state index in [0.717, 1.165) is 10.0 Å². The number of anilines is 1. The maximum Gasteiger partial charge on any atom is 0.282 e. The topological polar surface area (TPSA) is 94.8 Å². The number of halogens is 2. The number of fused-ring (bicyclic) bond motifs is 1. The number of carbonyl (C=O) groups is 1. The molecule has 1 N–H and O–H groups in total. The number of benzene rings is 3. The summed E-state index contributed by atoms with van der Waals surface area (Å²) in [5.41, 5.74) is 2.79. The number of nitrogens with zero attached hydrogens (tertiary/aromatic N) is 3. The Morgan fingerprint density at radius 3 is 2.53 bits per heavy atom. The van der Waals surface area contributed by atoms with Crippen LogP contribution in [0.5, 0.6) is 11.5 Å². The highest BCUT2D eigenvalue weighted by Gasteiger charge is 2.15. The van der Waals surface area contributed by atoms with E-state index in [2.05, 4.69) is 47.3 Å². The summed E-state index contributed by atoms with van der Waals surface area (Å²) < 4.78 is 14.0. The Labute approximate surface area is 236 Å². The highest BCUT2D eigenvalue weighted by atomic mass is 79.9. The average molecular weight is 642 g/mol. The summed E-state index contributed by atoms with van der Waals surface area (Å²) in [7, 11) is 1.51. The van der Waals surface area contributed by atoms with E-state index in [4.69, 9.17) is 9.47 Å². The summed E-state index contributed by atoms with van der Waals surface area (Å²) in [6, 6.07) is 16.3. The van der Waals surface area contributed by atoms with Crippen molar-refractivity contribution in [2.75, 3.05) is 19.0 Å². The molecule has 4 rings (SSSR count). The van der Waals surface area contributed by atoms with Crippen LogP contribution in [0.3, 0.4) is 0 Å². The van der Waals surface area contributed by atoms with Crippen molar-refractivity contribution in [2.45, 2.75) is 26.7 Å². The second kappa shape index (κ2) is 11.9. The first-order valence-electron chi connectivity index (χ1n) is 11.8. The van der Waals surface area contributed by atoms with E-state index in [1.165, 1.54) is 11.8 Å². The fourth-order valence-electron chi connectivity index (χ4n) is 3.67. The van der Waals surface area contributed by atoms with Gasteiger partial charge in [0.1, 0.15) is 5.82 Å². The van der Waals surface area contributed by atoms with Crippen LogP contribution in [0, 0.1) is 6.92 Å². The third kappa shape index (κ3) is 6.31. The van der Waals surface area contributed by atoms with Gasteiger partial charge in [-0.15, -0.1) is 0 Å². The van der Waals surface area contributed by atoms with Crippen molar-refractivity contribution in [3.8, 4) is 11.5 Å². The lowest BCUT2D eigenvalue weighted by atomic mass is 10.2. The summed E-state index contributed by atoms with van der Waals surface area (Å²) in [6.07, 6.45) is 1.55. The molecule has 0 radical (unpaired) electrons. The number of methoxy groups -OCH3 is 1. The molecule has 0 spiro atoms. The molecule has 0 atom stereocenters. The third-order valence-electron chi connectivity index (χ3n) is 5.64. The lowest BCUT2D eigenvalue weighted by molar-refractivity contribution is -0.118. The Bertz CT molecular complexity index is 1580. The largest absolute Gasteiger partial charge is 0.493 e. The lowest BCUT2D eigenvalue weighted by Gasteiger charge is -2.14. The van der Waals surface area contributed by atoms with Gasteiger partial charge in [-0.1, -0.05) is 47.5 Å². The smallest absolute Gasteiger partial charge is 0.282 e. The zero-order valence-electron chi connectivity index (χ0n) is 21.3. The number of hydrogen-bond acceptors (Lipinski definition) is 6. The zero-order valence-corrected chi connectivity index (χ0v) is 24.5.